The molecule has 86 valence electrons. The van der Waals surface area contributed by atoms with Crippen molar-refractivity contribution in [1.82, 2.24) is 6.15 Å². The molecule has 15 heavy (non-hydrogen) atoms. The van der Waals surface area contributed by atoms with Crippen molar-refractivity contribution >= 4 is 5.97 Å². The average Bonchev–Trinajstić information content (AvgIpc) is 2.02. The van der Waals surface area contributed by atoms with E-state index in [4.69, 9.17) is 5.11 Å². The number of carboxylic acids is 1. The fourth-order valence-electron chi connectivity index (χ4n) is 0.967. The van der Waals surface area contributed by atoms with Gasteiger partial charge in [0.2, 0.25) is 0 Å². The predicted molar refractivity (Wildman–Crippen MR) is 64.2 cm³/mol. The second-order valence-corrected chi connectivity index (χ2v) is 3.53. The molecule has 0 aliphatic heterocycles. The van der Waals surface area contributed by atoms with E-state index < -0.39 is 5.97 Å². The van der Waals surface area contributed by atoms with Crippen LogP contribution in [0.2, 0.25) is 0 Å². The highest BCUT2D eigenvalue weighted by Gasteiger charge is 1.87. The lowest BCUT2D eigenvalue weighted by Gasteiger charge is -1.96. The molecule has 3 nitrogen and oxygen atoms in total. The van der Waals surface area contributed by atoms with Crippen LogP contribution in [0.3, 0.4) is 0 Å². The van der Waals surface area contributed by atoms with Crippen molar-refractivity contribution in [2.75, 3.05) is 0 Å². The van der Waals surface area contributed by atoms with Crippen LogP contribution in [-0.2, 0) is 4.79 Å². The summed E-state index contributed by atoms with van der Waals surface area (Å²) in [6.45, 7) is 6.15. The van der Waals surface area contributed by atoms with Gasteiger partial charge in [-0.1, -0.05) is 29.4 Å². The van der Waals surface area contributed by atoms with Gasteiger partial charge in [-0.25, -0.2) is 4.79 Å². The summed E-state index contributed by atoms with van der Waals surface area (Å²) in [5.74, 6) is -0.904. The Morgan fingerprint density at radius 1 is 1.27 bits per heavy atom. The molecule has 0 spiro atoms. The van der Waals surface area contributed by atoms with E-state index in [1.165, 1.54) is 11.1 Å². The number of carbonyl (C=O) groups is 1. The summed E-state index contributed by atoms with van der Waals surface area (Å²) in [6, 6.07) is 0. The first kappa shape index (κ1) is 16.1. The molecule has 4 N–H and O–H groups in total. The molecule has 0 unspecified atom stereocenters. The van der Waals surface area contributed by atoms with Gasteiger partial charge in [0.1, 0.15) is 0 Å². The molecule has 0 aliphatic carbocycles. The van der Waals surface area contributed by atoms with Gasteiger partial charge >= 0.3 is 5.97 Å². The van der Waals surface area contributed by atoms with Crippen LogP contribution < -0.4 is 6.15 Å². The first-order valence-corrected chi connectivity index (χ1v) is 4.72. The fourth-order valence-corrected chi connectivity index (χ4v) is 0.967. The molecule has 0 saturated heterocycles. The first-order chi connectivity index (χ1) is 6.52. The van der Waals surface area contributed by atoms with Crippen molar-refractivity contribution in [3.8, 4) is 0 Å². The molecule has 0 fully saturated rings. The van der Waals surface area contributed by atoms with Crippen molar-refractivity contribution in [2.24, 2.45) is 0 Å². The molecule has 0 radical (unpaired) electrons. The Hall–Kier alpha value is -1.35. The van der Waals surface area contributed by atoms with Gasteiger partial charge in [-0.3, -0.25) is 0 Å². The summed E-state index contributed by atoms with van der Waals surface area (Å²) in [5.41, 5.74) is 2.51. The van der Waals surface area contributed by atoms with Crippen LogP contribution in [0.25, 0.3) is 0 Å². The lowest BCUT2D eigenvalue weighted by molar-refractivity contribution is -0.131. The summed E-state index contributed by atoms with van der Waals surface area (Å²) in [5, 5.41) is 8.35. The van der Waals surface area contributed by atoms with Crippen molar-refractivity contribution in [2.45, 2.75) is 33.6 Å². The minimum absolute atomic E-state index is 0. The van der Waals surface area contributed by atoms with Gasteiger partial charge in [-0.15, -0.1) is 0 Å². The van der Waals surface area contributed by atoms with E-state index in [1.54, 1.807) is 6.08 Å². The van der Waals surface area contributed by atoms with Crippen LogP contribution >= 0.6 is 0 Å². The second kappa shape index (κ2) is 9.21. The van der Waals surface area contributed by atoms with Gasteiger partial charge in [0, 0.05) is 6.08 Å². The maximum Gasteiger partial charge on any atom is 0.328 e. The minimum Gasteiger partial charge on any atom is -0.478 e. The highest BCUT2D eigenvalue weighted by atomic mass is 16.4. The number of hydrogen-bond donors (Lipinski definition) is 2. The molecule has 0 aromatic heterocycles. The lowest BCUT2D eigenvalue weighted by Crippen LogP contribution is -1.84. The Balaban J connectivity index is 0. The molecule has 0 rings (SSSR count). The largest absolute Gasteiger partial charge is 0.478 e. The van der Waals surface area contributed by atoms with Crippen molar-refractivity contribution in [3.63, 3.8) is 0 Å². The number of hydrogen-bond acceptors (Lipinski definition) is 2. The molecule has 0 bridgehead atoms. The Labute approximate surface area is 91.8 Å². The van der Waals surface area contributed by atoms with Crippen molar-refractivity contribution < 1.29 is 9.90 Å². The SMILES string of the molecule is CC(C)=CCC/C(C)=C/C=C/C(=O)O.N. The van der Waals surface area contributed by atoms with Crippen LogP contribution in [0.1, 0.15) is 33.6 Å². The third kappa shape index (κ3) is 12.6. The van der Waals surface area contributed by atoms with Crippen LogP contribution in [0.4, 0.5) is 0 Å². The maximum absolute atomic E-state index is 10.2. The van der Waals surface area contributed by atoms with Gasteiger partial charge in [0.05, 0.1) is 0 Å². The number of carboxylic acid groups (broad SMARTS) is 1. The van der Waals surface area contributed by atoms with Crippen LogP contribution in [-0.4, -0.2) is 11.1 Å². The van der Waals surface area contributed by atoms with E-state index in [0.717, 1.165) is 18.9 Å². The predicted octanol–water partition coefficient (Wildman–Crippen LogP) is 3.48. The zero-order valence-corrected chi connectivity index (χ0v) is 9.79. The number of allylic oxidation sites excluding steroid dienone is 5. The highest BCUT2D eigenvalue weighted by Crippen LogP contribution is 2.06. The van der Waals surface area contributed by atoms with Crippen LogP contribution in [0.5, 0.6) is 0 Å². The lowest BCUT2D eigenvalue weighted by atomic mass is 10.1. The summed E-state index contributed by atoms with van der Waals surface area (Å²) >= 11 is 0. The van der Waals surface area contributed by atoms with Crippen molar-refractivity contribution in [1.29, 1.82) is 0 Å². The normalized spacial score (nSPS) is 11.0. The highest BCUT2D eigenvalue weighted by molar-refractivity contribution is 5.80. The van der Waals surface area contributed by atoms with E-state index in [2.05, 4.69) is 19.9 Å². The summed E-state index contributed by atoms with van der Waals surface area (Å²) in [6.07, 6.45) is 8.73. The van der Waals surface area contributed by atoms with Crippen LogP contribution in [0, 0.1) is 0 Å². The molecule has 0 aromatic rings. The fraction of sp³-hybridized carbons (Fsp3) is 0.417. The van der Waals surface area contributed by atoms with E-state index in [-0.39, 0.29) is 6.15 Å². The third-order valence-electron chi connectivity index (χ3n) is 1.71. The Morgan fingerprint density at radius 2 is 1.87 bits per heavy atom. The average molecular weight is 211 g/mol. The Bertz CT molecular complexity index is 271. The molecule has 0 amide bonds. The summed E-state index contributed by atoms with van der Waals surface area (Å²) in [7, 11) is 0. The molecule has 3 heteroatoms. The first-order valence-electron chi connectivity index (χ1n) is 4.72. The topological polar surface area (TPSA) is 72.3 Å². The van der Waals surface area contributed by atoms with Gasteiger partial charge in [-0.2, -0.15) is 0 Å². The van der Waals surface area contributed by atoms with E-state index in [1.807, 2.05) is 13.0 Å². The maximum atomic E-state index is 10.2. The zero-order chi connectivity index (χ0) is 11.0. The molecular weight excluding hydrogens is 190 g/mol. The third-order valence-corrected chi connectivity index (χ3v) is 1.71. The summed E-state index contributed by atoms with van der Waals surface area (Å²) in [4.78, 5) is 10.2. The smallest absolute Gasteiger partial charge is 0.328 e. The molecule has 0 heterocycles. The van der Waals surface area contributed by atoms with Gasteiger partial charge < -0.3 is 11.3 Å². The van der Waals surface area contributed by atoms with E-state index >= 15 is 0 Å². The second-order valence-electron chi connectivity index (χ2n) is 3.53. The monoisotopic (exact) mass is 211 g/mol. The Kier molecular flexibility index (Phi) is 9.89. The van der Waals surface area contributed by atoms with Crippen LogP contribution in [0.15, 0.2) is 35.5 Å². The molecule has 0 saturated carbocycles. The summed E-state index contributed by atoms with van der Waals surface area (Å²) < 4.78 is 0. The van der Waals surface area contributed by atoms with E-state index in [9.17, 15) is 4.79 Å². The molecule has 0 aromatic carbocycles. The standard InChI is InChI=1S/C12H18O2.H3N/c1-10(2)6-4-7-11(3)8-5-9-12(13)14;/h5-6,8-9H,4,7H2,1-3H3,(H,13,14);1H3/b9-5+,11-8+;. The quantitative estimate of drug-likeness (QED) is 0.415. The van der Waals surface area contributed by atoms with Gasteiger partial charge in [0.25, 0.3) is 0 Å². The number of aliphatic carboxylic acids is 1. The number of rotatable bonds is 5. The van der Waals surface area contributed by atoms with Gasteiger partial charge in [0.15, 0.2) is 0 Å². The zero-order valence-electron chi connectivity index (χ0n) is 9.79. The minimum atomic E-state index is -0.904. The van der Waals surface area contributed by atoms with Crippen molar-refractivity contribution in [3.05, 3.63) is 35.5 Å². The molecule has 0 atom stereocenters. The van der Waals surface area contributed by atoms with E-state index in [0.29, 0.717) is 0 Å². The molecular formula is C12H21NO2. The van der Waals surface area contributed by atoms with Gasteiger partial charge in [-0.05, 0) is 33.6 Å². The Morgan fingerprint density at radius 3 is 2.33 bits per heavy atom. The molecule has 0 aliphatic rings.